The van der Waals surface area contributed by atoms with Crippen molar-refractivity contribution in [1.82, 2.24) is 14.5 Å². The number of benzene rings is 2. The summed E-state index contributed by atoms with van der Waals surface area (Å²) in [5.74, 6) is 2.51. The first kappa shape index (κ1) is 19.3. The molecule has 0 aliphatic carbocycles. The summed E-state index contributed by atoms with van der Waals surface area (Å²) in [6.45, 7) is 4.54. The first-order valence-electron chi connectivity index (χ1n) is 9.57. The molecule has 0 radical (unpaired) electrons. The van der Waals surface area contributed by atoms with Gasteiger partial charge < -0.3 is 9.15 Å². The van der Waals surface area contributed by atoms with Crippen LogP contribution in [0.2, 0.25) is 5.02 Å². The fourth-order valence-electron chi connectivity index (χ4n) is 3.19. The van der Waals surface area contributed by atoms with Gasteiger partial charge in [0.2, 0.25) is 0 Å². The number of hydrogen-bond donors (Lipinski definition) is 0. The van der Waals surface area contributed by atoms with Gasteiger partial charge in [0.05, 0.1) is 11.6 Å². The van der Waals surface area contributed by atoms with Gasteiger partial charge in [0.1, 0.15) is 23.0 Å². The Hall–Kier alpha value is -3.05. The molecule has 2 aromatic carbocycles. The lowest BCUT2D eigenvalue weighted by Crippen LogP contribution is -2.01. The van der Waals surface area contributed by atoms with Crippen molar-refractivity contribution < 1.29 is 9.15 Å². The summed E-state index contributed by atoms with van der Waals surface area (Å²) in [5.41, 5.74) is 2.74. The number of aromatic nitrogens is 3. The van der Waals surface area contributed by atoms with Gasteiger partial charge in [0, 0.05) is 24.4 Å². The van der Waals surface area contributed by atoms with E-state index in [0.29, 0.717) is 24.1 Å². The molecule has 0 saturated heterocycles. The molecule has 0 spiro atoms. The molecule has 0 unspecified atom stereocenters. The van der Waals surface area contributed by atoms with Crippen LogP contribution in [0.15, 0.2) is 65.3 Å². The lowest BCUT2D eigenvalue weighted by Gasteiger charge is -2.08. The first-order chi connectivity index (χ1) is 14.1. The summed E-state index contributed by atoms with van der Waals surface area (Å²) in [4.78, 5) is 8.98. The van der Waals surface area contributed by atoms with Crippen molar-refractivity contribution in [2.45, 2.75) is 26.7 Å². The highest BCUT2D eigenvalue weighted by atomic mass is 35.5. The second-order valence-corrected chi connectivity index (χ2v) is 7.22. The van der Waals surface area contributed by atoms with Crippen LogP contribution in [0.4, 0.5) is 0 Å². The van der Waals surface area contributed by atoms with Crippen molar-refractivity contribution in [3.8, 4) is 23.0 Å². The summed E-state index contributed by atoms with van der Waals surface area (Å²) in [7, 11) is 0. The quantitative estimate of drug-likeness (QED) is 0.363. The fraction of sp³-hybridized carbons (Fsp3) is 0.217. The maximum Gasteiger partial charge on any atom is 0.307 e. The van der Waals surface area contributed by atoms with E-state index in [2.05, 4.69) is 4.98 Å². The number of imidazole rings is 1. The molecule has 5 nitrogen and oxygen atoms in total. The smallest absolute Gasteiger partial charge is 0.307 e. The van der Waals surface area contributed by atoms with Crippen molar-refractivity contribution in [3.63, 3.8) is 0 Å². The number of hydrogen-bond acceptors (Lipinski definition) is 4. The van der Waals surface area contributed by atoms with Crippen LogP contribution in [0, 0.1) is 13.8 Å². The average Bonchev–Trinajstić information content (AvgIpc) is 3.33. The molecular formula is C23H22ClN3O2. The maximum absolute atomic E-state index is 6.43. The Labute approximate surface area is 174 Å². The molecule has 4 rings (SSSR count). The van der Waals surface area contributed by atoms with Gasteiger partial charge in [0.15, 0.2) is 0 Å². The molecule has 0 atom stereocenters. The molecule has 2 aromatic heterocycles. The standard InChI is InChI=1S/C23H22ClN3O2/c1-16-8-3-6-11-20(16)28-15-7-12-21-22(18-9-4-5-10-19(18)24)26-23(29-21)27-14-13-25-17(27)2/h3-6,8-11,13-14H,7,12,15H2,1-2H3. The van der Waals surface area contributed by atoms with Gasteiger partial charge in [-0.1, -0.05) is 48.0 Å². The number of nitrogens with zero attached hydrogens (tertiary/aromatic N) is 3. The minimum Gasteiger partial charge on any atom is -0.493 e. The van der Waals surface area contributed by atoms with Gasteiger partial charge >= 0.3 is 6.01 Å². The monoisotopic (exact) mass is 407 g/mol. The summed E-state index contributed by atoms with van der Waals surface area (Å²) in [5, 5.41) is 0.645. The number of oxazole rings is 1. The lowest BCUT2D eigenvalue weighted by molar-refractivity contribution is 0.304. The molecular weight excluding hydrogens is 386 g/mol. The highest BCUT2D eigenvalue weighted by molar-refractivity contribution is 6.33. The predicted octanol–water partition coefficient (Wildman–Crippen LogP) is 5.81. The first-order valence-corrected chi connectivity index (χ1v) is 9.94. The third-order valence-corrected chi connectivity index (χ3v) is 5.08. The summed E-state index contributed by atoms with van der Waals surface area (Å²) in [6.07, 6.45) is 5.05. The Morgan fingerprint density at radius 3 is 2.62 bits per heavy atom. The van der Waals surface area contributed by atoms with Gasteiger partial charge in [-0.2, -0.15) is 4.98 Å². The second-order valence-electron chi connectivity index (χ2n) is 6.81. The molecule has 29 heavy (non-hydrogen) atoms. The third kappa shape index (κ3) is 4.20. The maximum atomic E-state index is 6.43. The van der Waals surface area contributed by atoms with Crippen molar-refractivity contribution in [2.24, 2.45) is 0 Å². The highest BCUT2D eigenvalue weighted by Gasteiger charge is 2.19. The number of para-hydroxylation sites is 1. The van der Waals surface area contributed by atoms with Gasteiger partial charge in [-0.15, -0.1) is 0 Å². The van der Waals surface area contributed by atoms with Crippen molar-refractivity contribution in [2.75, 3.05) is 6.61 Å². The van der Waals surface area contributed by atoms with E-state index in [-0.39, 0.29) is 0 Å². The number of aryl methyl sites for hydroxylation is 3. The summed E-state index contributed by atoms with van der Waals surface area (Å²) >= 11 is 6.43. The van der Waals surface area contributed by atoms with E-state index in [1.165, 1.54) is 0 Å². The Balaban J connectivity index is 1.56. The molecule has 0 bridgehead atoms. The highest BCUT2D eigenvalue weighted by Crippen LogP contribution is 2.32. The van der Waals surface area contributed by atoms with Crippen molar-refractivity contribution >= 4 is 11.6 Å². The fourth-order valence-corrected chi connectivity index (χ4v) is 3.41. The zero-order valence-electron chi connectivity index (χ0n) is 16.4. The Kier molecular flexibility index (Phi) is 5.67. The predicted molar refractivity (Wildman–Crippen MR) is 114 cm³/mol. The van der Waals surface area contributed by atoms with Gasteiger partial charge in [0.25, 0.3) is 0 Å². The van der Waals surface area contributed by atoms with E-state index < -0.39 is 0 Å². The van der Waals surface area contributed by atoms with Crippen molar-refractivity contribution in [1.29, 1.82) is 0 Å². The molecule has 0 amide bonds. The van der Waals surface area contributed by atoms with E-state index in [1.54, 1.807) is 6.20 Å². The minimum atomic E-state index is 0.491. The molecule has 0 fully saturated rings. The zero-order valence-corrected chi connectivity index (χ0v) is 17.2. The van der Waals surface area contributed by atoms with E-state index in [4.69, 9.17) is 25.7 Å². The minimum absolute atomic E-state index is 0.491. The average molecular weight is 408 g/mol. The van der Waals surface area contributed by atoms with Crippen LogP contribution in [0.25, 0.3) is 17.3 Å². The molecule has 4 aromatic rings. The third-order valence-electron chi connectivity index (χ3n) is 4.75. The van der Waals surface area contributed by atoms with E-state index in [9.17, 15) is 0 Å². The van der Waals surface area contributed by atoms with Crippen LogP contribution in [0.1, 0.15) is 23.6 Å². The van der Waals surface area contributed by atoms with E-state index >= 15 is 0 Å². The molecule has 0 aliphatic heterocycles. The summed E-state index contributed by atoms with van der Waals surface area (Å²) < 4.78 is 13.9. The van der Waals surface area contributed by atoms with Crippen LogP contribution < -0.4 is 4.74 Å². The van der Waals surface area contributed by atoms with Crippen LogP contribution in [-0.4, -0.2) is 21.1 Å². The molecule has 0 N–H and O–H groups in total. The zero-order chi connectivity index (χ0) is 20.2. The molecule has 2 heterocycles. The Morgan fingerprint density at radius 1 is 1.07 bits per heavy atom. The molecule has 0 aliphatic rings. The van der Waals surface area contributed by atoms with Crippen LogP contribution in [0.5, 0.6) is 5.75 Å². The summed E-state index contributed by atoms with van der Waals surface area (Å²) in [6, 6.07) is 16.2. The van der Waals surface area contributed by atoms with Crippen molar-refractivity contribution in [3.05, 3.63) is 83.1 Å². The Morgan fingerprint density at radius 2 is 1.86 bits per heavy atom. The lowest BCUT2D eigenvalue weighted by atomic mass is 10.1. The largest absolute Gasteiger partial charge is 0.493 e. The van der Waals surface area contributed by atoms with Crippen LogP contribution >= 0.6 is 11.6 Å². The SMILES string of the molecule is Cc1ccccc1OCCCc1oc(-n2ccnc2C)nc1-c1ccccc1Cl. The van der Waals surface area contributed by atoms with Gasteiger partial charge in [-0.05, 0) is 38.0 Å². The number of rotatable bonds is 7. The molecule has 148 valence electrons. The Bertz CT molecular complexity index is 1120. The van der Waals surface area contributed by atoms with E-state index in [1.807, 2.05) is 73.1 Å². The van der Waals surface area contributed by atoms with Gasteiger partial charge in [-0.25, -0.2) is 4.98 Å². The number of halogens is 1. The molecule has 0 saturated carbocycles. The normalized spacial score (nSPS) is 11.0. The number of ether oxygens (including phenoxy) is 1. The molecule has 6 heteroatoms. The van der Waals surface area contributed by atoms with Gasteiger partial charge in [-0.3, -0.25) is 4.57 Å². The topological polar surface area (TPSA) is 53.1 Å². The van der Waals surface area contributed by atoms with Crippen LogP contribution in [0.3, 0.4) is 0 Å². The van der Waals surface area contributed by atoms with E-state index in [0.717, 1.165) is 40.6 Å². The second kappa shape index (κ2) is 8.53. The van der Waals surface area contributed by atoms with Crippen LogP contribution in [-0.2, 0) is 6.42 Å².